The summed E-state index contributed by atoms with van der Waals surface area (Å²) in [6.45, 7) is 7.69. The minimum Gasteiger partial charge on any atom is -0.481 e. The van der Waals surface area contributed by atoms with E-state index < -0.39 is 5.97 Å². The summed E-state index contributed by atoms with van der Waals surface area (Å²) in [6.07, 6.45) is 1.00. The average molecular weight is 286 g/mol. The normalized spacial score (nSPS) is 10.7. The van der Waals surface area contributed by atoms with Crippen LogP contribution in [0.25, 0.3) is 0 Å². The Morgan fingerprint density at radius 3 is 2.10 bits per heavy atom. The summed E-state index contributed by atoms with van der Waals surface area (Å²) in [6, 6.07) is 0.0623. The van der Waals surface area contributed by atoms with Gasteiger partial charge in [-0.25, -0.2) is 0 Å². The van der Waals surface area contributed by atoms with Gasteiger partial charge in [-0.1, -0.05) is 0 Å². The van der Waals surface area contributed by atoms with Crippen molar-refractivity contribution < 1.29 is 19.5 Å². The van der Waals surface area contributed by atoms with Crippen molar-refractivity contribution in [2.24, 2.45) is 0 Å². The molecule has 0 aliphatic rings. The fourth-order valence-electron chi connectivity index (χ4n) is 1.82. The lowest BCUT2D eigenvalue weighted by Gasteiger charge is -2.26. The van der Waals surface area contributed by atoms with E-state index in [1.54, 1.807) is 4.90 Å². The van der Waals surface area contributed by atoms with E-state index in [1.165, 1.54) is 0 Å². The van der Waals surface area contributed by atoms with Crippen molar-refractivity contribution in [1.82, 2.24) is 10.2 Å². The monoisotopic (exact) mass is 286 g/mol. The number of carbonyl (C=O) groups excluding carboxylic acids is 2. The number of nitrogens with zero attached hydrogens (tertiary/aromatic N) is 1. The lowest BCUT2D eigenvalue weighted by molar-refractivity contribution is -0.139. The molecule has 20 heavy (non-hydrogen) atoms. The minimum atomic E-state index is -0.917. The standard InChI is InChI=1S/C14H26N2O4/c1-10(2)15-12(17)6-5-7-13(18)16(11(3)4)9-8-14(19)20/h10-11H,5-9H2,1-4H3,(H,15,17)(H,19,20). The molecule has 6 heteroatoms. The number of hydrogen-bond donors (Lipinski definition) is 2. The fourth-order valence-corrected chi connectivity index (χ4v) is 1.82. The lowest BCUT2D eigenvalue weighted by Crippen LogP contribution is -2.38. The molecular formula is C14H26N2O4. The summed E-state index contributed by atoms with van der Waals surface area (Å²) in [4.78, 5) is 35.6. The number of rotatable bonds is 9. The van der Waals surface area contributed by atoms with Crippen LogP contribution < -0.4 is 5.32 Å². The SMILES string of the molecule is CC(C)NC(=O)CCCC(=O)N(CCC(=O)O)C(C)C. The molecular weight excluding hydrogens is 260 g/mol. The Balaban J connectivity index is 4.13. The highest BCUT2D eigenvalue weighted by Gasteiger charge is 2.17. The molecule has 0 unspecified atom stereocenters. The van der Waals surface area contributed by atoms with Gasteiger partial charge in [0.25, 0.3) is 0 Å². The van der Waals surface area contributed by atoms with E-state index in [2.05, 4.69) is 5.32 Å². The van der Waals surface area contributed by atoms with Crippen molar-refractivity contribution in [3.8, 4) is 0 Å². The van der Waals surface area contributed by atoms with E-state index in [0.717, 1.165) is 0 Å². The van der Waals surface area contributed by atoms with Crippen LogP contribution in [0, 0.1) is 0 Å². The van der Waals surface area contributed by atoms with Crippen LogP contribution >= 0.6 is 0 Å². The molecule has 116 valence electrons. The van der Waals surface area contributed by atoms with Gasteiger partial charge in [-0.15, -0.1) is 0 Å². The third-order valence-corrected chi connectivity index (χ3v) is 2.75. The van der Waals surface area contributed by atoms with E-state index in [-0.39, 0.29) is 43.3 Å². The Hall–Kier alpha value is -1.59. The van der Waals surface area contributed by atoms with Gasteiger partial charge in [-0.3, -0.25) is 14.4 Å². The van der Waals surface area contributed by atoms with Gasteiger partial charge in [-0.05, 0) is 34.1 Å². The van der Waals surface area contributed by atoms with E-state index in [9.17, 15) is 14.4 Å². The Kier molecular flexibility index (Phi) is 8.59. The summed E-state index contributed by atoms with van der Waals surface area (Å²) in [7, 11) is 0. The van der Waals surface area contributed by atoms with Crippen LogP contribution in [0.15, 0.2) is 0 Å². The summed E-state index contributed by atoms with van der Waals surface area (Å²) in [5.74, 6) is -1.08. The third-order valence-electron chi connectivity index (χ3n) is 2.75. The average Bonchev–Trinajstić information content (AvgIpc) is 2.26. The first-order chi connectivity index (χ1) is 9.23. The van der Waals surface area contributed by atoms with Crippen LogP contribution in [0.5, 0.6) is 0 Å². The van der Waals surface area contributed by atoms with Gasteiger partial charge in [0.15, 0.2) is 0 Å². The second-order valence-electron chi connectivity index (χ2n) is 5.40. The van der Waals surface area contributed by atoms with Crippen LogP contribution in [-0.2, 0) is 14.4 Å². The molecule has 0 atom stereocenters. The molecule has 0 fully saturated rings. The number of hydrogen-bond acceptors (Lipinski definition) is 3. The zero-order valence-electron chi connectivity index (χ0n) is 12.8. The van der Waals surface area contributed by atoms with Crippen LogP contribution in [0.1, 0.15) is 53.4 Å². The molecule has 0 heterocycles. The minimum absolute atomic E-state index is 0.0358. The molecule has 0 bridgehead atoms. The van der Waals surface area contributed by atoms with Gasteiger partial charge in [0, 0.05) is 31.5 Å². The molecule has 6 nitrogen and oxygen atoms in total. The Labute approximate surface area is 120 Å². The predicted octanol–water partition coefficient (Wildman–Crippen LogP) is 1.39. The predicted molar refractivity (Wildman–Crippen MR) is 76.2 cm³/mol. The Bertz CT molecular complexity index is 340. The lowest BCUT2D eigenvalue weighted by atomic mass is 10.1. The van der Waals surface area contributed by atoms with Crippen molar-refractivity contribution in [2.45, 2.75) is 65.5 Å². The maximum Gasteiger partial charge on any atom is 0.305 e. The number of carbonyl (C=O) groups is 3. The van der Waals surface area contributed by atoms with Gasteiger partial charge in [0.05, 0.1) is 6.42 Å². The second-order valence-corrected chi connectivity index (χ2v) is 5.40. The Morgan fingerprint density at radius 1 is 1.05 bits per heavy atom. The van der Waals surface area contributed by atoms with Crippen LogP contribution in [-0.4, -0.2) is 46.4 Å². The molecule has 0 radical (unpaired) electrons. The van der Waals surface area contributed by atoms with Crippen LogP contribution in [0.4, 0.5) is 0 Å². The third kappa shape index (κ3) is 8.50. The van der Waals surface area contributed by atoms with Crippen molar-refractivity contribution >= 4 is 17.8 Å². The van der Waals surface area contributed by atoms with Crippen molar-refractivity contribution in [3.63, 3.8) is 0 Å². The van der Waals surface area contributed by atoms with Crippen molar-refractivity contribution in [2.75, 3.05) is 6.54 Å². The van der Waals surface area contributed by atoms with Gasteiger partial charge >= 0.3 is 5.97 Å². The van der Waals surface area contributed by atoms with Crippen molar-refractivity contribution in [3.05, 3.63) is 0 Å². The highest BCUT2D eigenvalue weighted by atomic mass is 16.4. The highest BCUT2D eigenvalue weighted by molar-refractivity contribution is 5.79. The second kappa shape index (κ2) is 9.34. The topological polar surface area (TPSA) is 86.7 Å². The first-order valence-electron chi connectivity index (χ1n) is 7.04. The van der Waals surface area contributed by atoms with E-state index >= 15 is 0 Å². The molecule has 0 saturated heterocycles. The number of amides is 2. The number of carboxylic acids is 1. The summed E-state index contributed by atoms with van der Waals surface area (Å²) < 4.78 is 0. The van der Waals surface area contributed by atoms with Crippen molar-refractivity contribution in [1.29, 1.82) is 0 Å². The zero-order chi connectivity index (χ0) is 15.7. The number of nitrogens with one attached hydrogen (secondary N) is 1. The molecule has 0 aromatic heterocycles. The molecule has 0 rings (SSSR count). The molecule has 0 saturated carbocycles. The summed E-state index contributed by atoms with van der Waals surface area (Å²) >= 11 is 0. The molecule has 0 aliphatic carbocycles. The quantitative estimate of drug-likeness (QED) is 0.670. The maximum absolute atomic E-state index is 12.0. The molecule has 2 N–H and O–H groups in total. The maximum atomic E-state index is 12.0. The fraction of sp³-hybridized carbons (Fsp3) is 0.786. The summed E-state index contributed by atoms with van der Waals surface area (Å²) in [5, 5.41) is 11.4. The zero-order valence-corrected chi connectivity index (χ0v) is 12.8. The molecule has 0 spiro atoms. The van der Waals surface area contributed by atoms with E-state index in [0.29, 0.717) is 12.8 Å². The van der Waals surface area contributed by atoms with E-state index in [1.807, 2.05) is 27.7 Å². The number of aliphatic carboxylic acids is 1. The first kappa shape index (κ1) is 18.4. The van der Waals surface area contributed by atoms with Gasteiger partial charge in [0.2, 0.25) is 11.8 Å². The van der Waals surface area contributed by atoms with Gasteiger partial charge in [0.1, 0.15) is 0 Å². The van der Waals surface area contributed by atoms with Crippen LogP contribution in [0.3, 0.4) is 0 Å². The summed E-state index contributed by atoms with van der Waals surface area (Å²) in [5.41, 5.74) is 0. The van der Waals surface area contributed by atoms with Gasteiger partial charge in [-0.2, -0.15) is 0 Å². The molecule has 0 aromatic rings. The largest absolute Gasteiger partial charge is 0.481 e. The number of carboxylic acid groups (broad SMARTS) is 1. The molecule has 0 aromatic carbocycles. The molecule has 2 amide bonds. The van der Waals surface area contributed by atoms with Crippen LogP contribution in [0.2, 0.25) is 0 Å². The van der Waals surface area contributed by atoms with E-state index in [4.69, 9.17) is 5.11 Å². The first-order valence-corrected chi connectivity index (χ1v) is 7.04. The molecule has 0 aliphatic heterocycles. The van der Waals surface area contributed by atoms with Gasteiger partial charge < -0.3 is 15.3 Å². The smallest absolute Gasteiger partial charge is 0.305 e. The highest BCUT2D eigenvalue weighted by Crippen LogP contribution is 2.07. The Morgan fingerprint density at radius 2 is 1.65 bits per heavy atom.